The minimum absolute atomic E-state index is 0.133. The molecule has 0 unspecified atom stereocenters. The molecule has 0 radical (unpaired) electrons. The van der Waals surface area contributed by atoms with E-state index in [1.54, 1.807) is 20.8 Å². The van der Waals surface area contributed by atoms with Crippen molar-refractivity contribution in [2.75, 3.05) is 0 Å². The SMILES string of the molecule is CC1=C2CC[C@@H](C)C[C@@]2(O)N(O[C@@]23O/C(=N\O)C(C)=C2CC[C@@H](C)[C@H]3[N+](=O)[O-])C1=O. The Bertz CT molecular complexity index is 910. The molecule has 0 aromatic carbocycles. The summed E-state index contributed by atoms with van der Waals surface area (Å²) in [5.41, 5.74) is 0.188. The summed E-state index contributed by atoms with van der Waals surface area (Å²) in [5, 5.41) is 37.0. The number of aliphatic hydroxyl groups is 1. The van der Waals surface area contributed by atoms with Crippen molar-refractivity contribution in [2.24, 2.45) is 17.0 Å². The van der Waals surface area contributed by atoms with Gasteiger partial charge in [0.2, 0.25) is 0 Å². The van der Waals surface area contributed by atoms with Crippen LogP contribution in [-0.2, 0) is 14.4 Å². The van der Waals surface area contributed by atoms with Crippen molar-refractivity contribution in [1.29, 1.82) is 0 Å². The van der Waals surface area contributed by atoms with E-state index in [0.717, 1.165) is 11.5 Å². The molecule has 2 saturated carbocycles. The van der Waals surface area contributed by atoms with Crippen LogP contribution in [0.15, 0.2) is 27.4 Å². The number of ether oxygens (including phenoxy) is 1. The molecule has 0 spiro atoms. The molecule has 2 fully saturated rings. The van der Waals surface area contributed by atoms with E-state index in [-0.39, 0.29) is 18.2 Å². The molecule has 10 heteroatoms. The van der Waals surface area contributed by atoms with Crippen molar-refractivity contribution >= 4 is 11.8 Å². The number of fused-ring (bicyclic) bond motifs is 2. The quantitative estimate of drug-likeness (QED) is 0.406. The zero-order valence-corrected chi connectivity index (χ0v) is 17.5. The van der Waals surface area contributed by atoms with Gasteiger partial charge in [-0.3, -0.25) is 14.9 Å². The van der Waals surface area contributed by atoms with Gasteiger partial charge in [0, 0.05) is 34.0 Å². The van der Waals surface area contributed by atoms with Crippen LogP contribution >= 0.6 is 0 Å². The maximum atomic E-state index is 13.1. The van der Waals surface area contributed by atoms with Gasteiger partial charge in [-0.1, -0.05) is 13.8 Å². The molecule has 0 saturated heterocycles. The first-order valence-corrected chi connectivity index (χ1v) is 10.3. The third-order valence-corrected chi connectivity index (χ3v) is 7.06. The molecule has 2 aliphatic heterocycles. The molecule has 2 aliphatic carbocycles. The molecule has 0 aromatic heterocycles. The van der Waals surface area contributed by atoms with Gasteiger partial charge in [-0.05, 0) is 56.2 Å². The fourth-order valence-corrected chi connectivity index (χ4v) is 5.44. The summed E-state index contributed by atoms with van der Waals surface area (Å²) < 4.78 is 5.79. The Morgan fingerprint density at radius 2 is 1.90 bits per heavy atom. The zero-order valence-electron chi connectivity index (χ0n) is 17.5. The number of hydroxylamine groups is 2. The predicted molar refractivity (Wildman–Crippen MR) is 104 cm³/mol. The average molecular weight is 421 g/mol. The van der Waals surface area contributed by atoms with Gasteiger partial charge in [-0.2, -0.15) is 5.06 Å². The van der Waals surface area contributed by atoms with Crippen molar-refractivity contribution in [3.05, 3.63) is 32.4 Å². The van der Waals surface area contributed by atoms with E-state index in [2.05, 4.69) is 5.16 Å². The van der Waals surface area contributed by atoms with Crippen LogP contribution in [-0.4, -0.2) is 49.7 Å². The number of carbonyl (C=O) groups is 1. The Hall–Kier alpha value is -2.46. The van der Waals surface area contributed by atoms with Gasteiger partial charge >= 0.3 is 5.79 Å². The molecule has 2 N–H and O–H groups in total. The van der Waals surface area contributed by atoms with E-state index >= 15 is 0 Å². The number of nitrogens with zero attached hydrogens (tertiary/aromatic N) is 3. The van der Waals surface area contributed by atoms with Gasteiger partial charge in [0.15, 0.2) is 5.72 Å². The Balaban J connectivity index is 1.82. The Morgan fingerprint density at radius 1 is 1.23 bits per heavy atom. The third kappa shape index (κ3) is 2.63. The first-order chi connectivity index (χ1) is 14.1. The Morgan fingerprint density at radius 3 is 2.53 bits per heavy atom. The maximum absolute atomic E-state index is 13.1. The van der Waals surface area contributed by atoms with E-state index in [0.29, 0.717) is 41.6 Å². The minimum atomic E-state index is -1.96. The molecule has 4 aliphatic rings. The van der Waals surface area contributed by atoms with Crippen molar-refractivity contribution in [1.82, 2.24) is 5.06 Å². The summed E-state index contributed by atoms with van der Waals surface area (Å²) >= 11 is 0. The van der Waals surface area contributed by atoms with E-state index in [9.17, 15) is 25.2 Å². The van der Waals surface area contributed by atoms with Gasteiger partial charge < -0.3 is 15.1 Å². The standard InChI is InChI=1S/C20H27N3O7/c1-10-5-7-14-13(4)18(24)22(19(14,25)9-10)30-20-15(12(3)17(21-26)29-20)8-6-11(2)16(20)23(27)28/h10-11,16,25-26H,5-9H2,1-4H3/b21-17-/t10-,11-,16-,19+,20+/m1/s1. The van der Waals surface area contributed by atoms with E-state index in [1.807, 2.05) is 6.92 Å². The Labute approximate surface area is 173 Å². The largest absolute Gasteiger partial charge is 0.430 e. The lowest BCUT2D eigenvalue weighted by molar-refractivity contribution is -0.580. The lowest BCUT2D eigenvalue weighted by Crippen LogP contribution is -2.63. The lowest BCUT2D eigenvalue weighted by atomic mass is 9.77. The Kier molecular flexibility index (Phi) is 4.70. The number of amides is 1. The number of oxime groups is 1. The number of nitro groups is 1. The summed E-state index contributed by atoms with van der Waals surface area (Å²) in [6.45, 7) is 6.97. The van der Waals surface area contributed by atoms with E-state index in [4.69, 9.17) is 9.57 Å². The van der Waals surface area contributed by atoms with Crippen LogP contribution in [0.3, 0.4) is 0 Å². The van der Waals surface area contributed by atoms with Gasteiger partial charge in [-0.15, -0.1) is 0 Å². The number of hydrogen-bond acceptors (Lipinski definition) is 8. The lowest BCUT2D eigenvalue weighted by Gasteiger charge is -2.45. The molecule has 5 atom stereocenters. The molecule has 164 valence electrons. The zero-order chi connectivity index (χ0) is 22.0. The summed E-state index contributed by atoms with van der Waals surface area (Å²) in [4.78, 5) is 30.8. The van der Waals surface area contributed by atoms with Crippen LogP contribution in [0, 0.1) is 22.0 Å². The van der Waals surface area contributed by atoms with Crippen LogP contribution in [0.4, 0.5) is 0 Å². The van der Waals surface area contributed by atoms with E-state index in [1.165, 1.54) is 0 Å². The first-order valence-electron chi connectivity index (χ1n) is 10.3. The second kappa shape index (κ2) is 6.78. The van der Waals surface area contributed by atoms with Crippen LogP contribution in [0.1, 0.15) is 59.8 Å². The van der Waals surface area contributed by atoms with Crippen LogP contribution in [0.2, 0.25) is 0 Å². The number of hydrogen-bond donors (Lipinski definition) is 2. The second-order valence-electron chi connectivity index (χ2n) is 8.98. The smallest absolute Gasteiger partial charge is 0.325 e. The van der Waals surface area contributed by atoms with Crippen molar-refractivity contribution in [3.8, 4) is 0 Å². The molecule has 1 amide bonds. The second-order valence-corrected chi connectivity index (χ2v) is 8.98. The van der Waals surface area contributed by atoms with Crippen LogP contribution in [0.25, 0.3) is 0 Å². The highest BCUT2D eigenvalue weighted by Gasteiger charge is 2.67. The third-order valence-electron chi connectivity index (χ3n) is 7.06. The summed E-state index contributed by atoms with van der Waals surface area (Å²) in [6.07, 6.45) is 2.58. The molecule has 0 aromatic rings. The van der Waals surface area contributed by atoms with Gasteiger partial charge in [0.25, 0.3) is 17.8 Å². The highest BCUT2D eigenvalue weighted by Crippen LogP contribution is 2.52. The number of rotatable bonds is 3. The molecular formula is C20H27N3O7. The normalized spacial score (nSPS) is 40.0. The minimum Gasteiger partial charge on any atom is -0.430 e. The monoisotopic (exact) mass is 421 g/mol. The average Bonchev–Trinajstić information content (AvgIpc) is 3.05. The summed E-state index contributed by atoms with van der Waals surface area (Å²) in [7, 11) is 0. The van der Waals surface area contributed by atoms with Crippen molar-refractivity contribution < 1.29 is 29.6 Å². The fraction of sp³-hybridized carbons (Fsp3) is 0.700. The maximum Gasteiger partial charge on any atom is 0.325 e. The molecule has 0 bridgehead atoms. The fourth-order valence-electron chi connectivity index (χ4n) is 5.44. The number of carbonyl (C=O) groups excluding carboxylic acids is 1. The van der Waals surface area contributed by atoms with Crippen molar-refractivity contribution in [3.63, 3.8) is 0 Å². The highest BCUT2D eigenvalue weighted by molar-refractivity contribution is 5.98. The first kappa shape index (κ1) is 20.8. The van der Waals surface area contributed by atoms with Gasteiger partial charge in [-0.25, -0.2) is 4.84 Å². The molecule has 4 rings (SSSR count). The summed E-state index contributed by atoms with van der Waals surface area (Å²) in [6, 6.07) is -1.35. The molecule has 2 heterocycles. The predicted octanol–water partition coefficient (Wildman–Crippen LogP) is 2.49. The summed E-state index contributed by atoms with van der Waals surface area (Å²) in [5.74, 6) is -2.97. The van der Waals surface area contributed by atoms with Gasteiger partial charge in [0.05, 0.1) is 0 Å². The van der Waals surface area contributed by atoms with Gasteiger partial charge in [0.1, 0.15) is 0 Å². The van der Waals surface area contributed by atoms with Crippen molar-refractivity contribution in [2.45, 2.75) is 77.4 Å². The van der Waals surface area contributed by atoms with Crippen LogP contribution in [0.5, 0.6) is 0 Å². The molecule has 10 nitrogen and oxygen atoms in total. The molecule has 30 heavy (non-hydrogen) atoms. The highest BCUT2D eigenvalue weighted by atomic mass is 16.8. The van der Waals surface area contributed by atoms with Crippen LogP contribution < -0.4 is 0 Å². The van der Waals surface area contributed by atoms with E-state index < -0.39 is 34.3 Å². The molecular weight excluding hydrogens is 394 g/mol. The topological polar surface area (TPSA) is 135 Å².